The van der Waals surface area contributed by atoms with Gasteiger partial charge in [0, 0.05) is 36.1 Å². The summed E-state index contributed by atoms with van der Waals surface area (Å²) in [6, 6.07) is 1.74. The van der Waals surface area contributed by atoms with Crippen molar-refractivity contribution in [3.63, 3.8) is 0 Å². The molecule has 7 atom stereocenters. The molecule has 0 saturated carbocycles. The number of nitrogens with zero attached hydrogens (tertiary/aromatic N) is 2. The van der Waals surface area contributed by atoms with E-state index in [0.717, 1.165) is 57.2 Å². The maximum atomic E-state index is 8.08. The highest BCUT2D eigenvalue weighted by Crippen LogP contribution is 1.94. The molecule has 0 amide bonds. The lowest BCUT2D eigenvalue weighted by Gasteiger charge is -2.02. The Morgan fingerprint density at radius 2 is 1.10 bits per heavy atom. The summed E-state index contributed by atoms with van der Waals surface area (Å²) in [6.07, 6.45) is 9.87. The van der Waals surface area contributed by atoms with Crippen molar-refractivity contribution in [1.82, 2.24) is 10.9 Å². The molecular weight excluding hydrogens is 606 g/mol. The molecule has 0 bridgehead atoms. The van der Waals surface area contributed by atoms with Crippen molar-refractivity contribution in [2.75, 3.05) is 6.54 Å². The van der Waals surface area contributed by atoms with Gasteiger partial charge in [-0.25, -0.2) is 5.48 Å². The summed E-state index contributed by atoms with van der Waals surface area (Å²) < 4.78 is 0. The smallest absolute Gasteiger partial charge is 0.186 e. The number of rotatable bonds is 13. The van der Waals surface area contributed by atoms with Gasteiger partial charge < -0.3 is 44.5 Å². The maximum absolute atomic E-state index is 8.08. The fourth-order valence-electron chi connectivity index (χ4n) is 0.941. The summed E-state index contributed by atoms with van der Waals surface area (Å²) in [4.78, 5) is 3.87. The summed E-state index contributed by atoms with van der Waals surface area (Å²) in [5, 5.41) is 25.6. The third-order valence-corrected chi connectivity index (χ3v) is 6.57. The average Bonchev–Trinajstić information content (AvgIpc) is 3.08. The fourth-order valence-corrected chi connectivity index (χ4v) is 0.941. The van der Waals surface area contributed by atoms with Crippen molar-refractivity contribution in [2.24, 2.45) is 56.5 Å². The minimum Gasteiger partial charge on any atom is -0.411 e. The van der Waals surface area contributed by atoms with Crippen molar-refractivity contribution in [3.8, 4) is 0 Å². The first-order chi connectivity index (χ1) is 22.2. The molecule has 13 nitrogen and oxygen atoms in total. The predicted octanol–water partition coefficient (Wildman–Crippen LogP) is 6.48. The van der Waals surface area contributed by atoms with Gasteiger partial charge >= 0.3 is 0 Å². The zero-order valence-electron chi connectivity index (χ0n) is 34.7. The van der Waals surface area contributed by atoms with E-state index < -0.39 is 0 Å². The zero-order chi connectivity index (χ0) is 40.1. The molecule has 0 aliphatic carbocycles. The first-order valence-electron chi connectivity index (χ1n) is 18.1. The van der Waals surface area contributed by atoms with Crippen LogP contribution in [0, 0.1) is 17.2 Å². The number of hydrogen-bond acceptors (Lipinski definition) is 11. The van der Waals surface area contributed by atoms with Gasteiger partial charge in [-0.3, -0.25) is 16.3 Å². The molecule has 0 rings (SSSR count). The van der Waals surface area contributed by atoms with Crippen molar-refractivity contribution < 1.29 is 10.4 Å². The van der Waals surface area contributed by atoms with Gasteiger partial charge in [0.05, 0.1) is 6.04 Å². The minimum absolute atomic E-state index is 0.180. The van der Waals surface area contributed by atoms with E-state index in [4.69, 9.17) is 50.3 Å². The number of oxime groups is 1. The lowest BCUT2D eigenvalue weighted by atomic mass is 10.1. The van der Waals surface area contributed by atoms with Crippen LogP contribution in [0.3, 0.4) is 0 Å². The van der Waals surface area contributed by atoms with Gasteiger partial charge in [-0.2, -0.15) is 0 Å². The lowest BCUT2D eigenvalue weighted by Crippen LogP contribution is -2.31. The molecule has 48 heavy (non-hydrogen) atoms. The van der Waals surface area contributed by atoms with Gasteiger partial charge in [0.1, 0.15) is 0 Å². The monoisotopic (exact) mass is 698 g/mol. The van der Waals surface area contributed by atoms with Gasteiger partial charge in [0.15, 0.2) is 5.96 Å². The van der Waals surface area contributed by atoms with Crippen molar-refractivity contribution in [1.29, 1.82) is 5.41 Å². The second-order valence-corrected chi connectivity index (χ2v) is 12.0. The Hall–Kier alpha value is -1.87. The number of nitrogens with two attached hydrogens (primary N) is 6. The number of nitrogens with one attached hydrogen (secondary N) is 3. The van der Waals surface area contributed by atoms with Crippen LogP contribution in [-0.2, 0) is 0 Å². The Morgan fingerprint density at radius 3 is 1.15 bits per heavy atom. The molecule has 0 heterocycles. The summed E-state index contributed by atoms with van der Waals surface area (Å²) in [5.41, 5.74) is 31.5. The molecule has 0 aromatic heterocycles. The van der Waals surface area contributed by atoms with Gasteiger partial charge in [-0.05, 0) is 105 Å². The van der Waals surface area contributed by atoms with E-state index in [9.17, 15) is 0 Å². The maximum Gasteiger partial charge on any atom is 0.186 e. The van der Waals surface area contributed by atoms with E-state index in [0.29, 0.717) is 30.0 Å². The van der Waals surface area contributed by atoms with Gasteiger partial charge in [-0.1, -0.05) is 75.7 Å². The second-order valence-electron chi connectivity index (χ2n) is 12.0. The third-order valence-electron chi connectivity index (χ3n) is 6.57. The van der Waals surface area contributed by atoms with E-state index in [-0.39, 0.29) is 18.0 Å². The highest BCUT2D eigenvalue weighted by molar-refractivity contribution is 5.78. The Kier molecular flexibility index (Phi) is 77.3. The lowest BCUT2D eigenvalue weighted by molar-refractivity contribution is 0.131. The first-order valence-corrected chi connectivity index (χ1v) is 18.1. The Morgan fingerprint density at radius 1 is 0.729 bits per heavy atom. The fraction of sp³-hybridized carbons (Fsp3) is 0.914. The standard InChI is InChI=1S/C5H13N3.C5H11NO.C5H13N.C4H12N2.C4H11NO.2C4H11N.C4H9N/c1-3-4(2)8-5(6)7;1-3-5(2)4-6-7;1-3-5(2)4-6;1-3-4(2)6-5;1-3-4(2)5-6;3*1-3-4(2)5/h4H,3H2,1-2H3,(H4,6,7,8);4-5,7H,3H2,1-2H3;5H,3-4,6H2,1-2H3;4,6H,3,5H2,1-2H3;4-6H,3H2,1-2H3;2*4H,3,5H2,1-2H3;5H,3H2,1-2H3. The highest BCUT2D eigenvalue weighted by atomic mass is 16.5. The number of hydrazine groups is 1. The summed E-state index contributed by atoms with van der Waals surface area (Å²) in [5.74, 6) is 6.33. The molecule has 0 saturated heterocycles. The molecule has 0 spiro atoms. The number of hydrogen-bond donors (Lipinski definition) is 11. The third kappa shape index (κ3) is 112. The normalized spacial score (nSPS) is 13.7. The molecule has 17 N–H and O–H groups in total. The number of hydroxylamine groups is 1. The molecule has 298 valence electrons. The van der Waals surface area contributed by atoms with Gasteiger partial charge in [0.2, 0.25) is 0 Å². The highest BCUT2D eigenvalue weighted by Gasteiger charge is 1.92. The quantitative estimate of drug-likeness (QED) is 0.0328. The van der Waals surface area contributed by atoms with Crippen LogP contribution in [0.2, 0.25) is 0 Å². The Labute approximate surface area is 299 Å². The van der Waals surface area contributed by atoms with Crippen LogP contribution in [0.1, 0.15) is 162 Å². The van der Waals surface area contributed by atoms with Crippen LogP contribution in [-0.4, -0.2) is 65.1 Å². The van der Waals surface area contributed by atoms with Crippen molar-refractivity contribution >= 4 is 17.9 Å². The molecule has 0 aromatic rings. The molecule has 0 aromatic carbocycles. The van der Waals surface area contributed by atoms with Crippen LogP contribution in [0.25, 0.3) is 0 Å². The van der Waals surface area contributed by atoms with Crippen molar-refractivity contribution in [3.05, 3.63) is 0 Å². The predicted molar refractivity (Wildman–Crippen MR) is 217 cm³/mol. The number of aliphatic imine (C=N–C) groups is 1. The van der Waals surface area contributed by atoms with E-state index in [1.54, 1.807) is 6.92 Å². The van der Waals surface area contributed by atoms with Crippen LogP contribution >= 0.6 is 0 Å². The van der Waals surface area contributed by atoms with E-state index in [1.807, 2.05) is 69.2 Å². The van der Waals surface area contributed by atoms with Crippen LogP contribution in [0.15, 0.2) is 10.1 Å². The van der Waals surface area contributed by atoms with E-state index in [1.165, 1.54) is 12.6 Å². The van der Waals surface area contributed by atoms with E-state index >= 15 is 0 Å². The molecule has 0 radical (unpaired) electrons. The largest absolute Gasteiger partial charge is 0.411 e. The second kappa shape index (κ2) is 57.4. The minimum atomic E-state index is 0.180. The summed E-state index contributed by atoms with van der Waals surface area (Å²) in [7, 11) is 0. The molecule has 0 aliphatic heterocycles. The zero-order valence-corrected chi connectivity index (χ0v) is 34.7. The SMILES string of the molecule is CCC(C)=N.CCC(C)C=NO.CCC(C)CN.CCC(C)N.CCC(C)N.CCC(C)N=C(N)N.CCC(C)NN.CCC(C)NO. The Balaban J connectivity index is -0.0000000638. The summed E-state index contributed by atoms with van der Waals surface area (Å²) >= 11 is 0. The van der Waals surface area contributed by atoms with Crippen LogP contribution in [0.4, 0.5) is 0 Å². The molecule has 7 unspecified atom stereocenters. The van der Waals surface area contributed by atoms with Crippen molar-refractivity contribution in [2.45, 2.75) is 192 Å². The van der Waals surface area contributed by atoms with E-state index in [2.05, 4.69) is 55.7 Å². The number of guanidine groups is 1. The van der Waals surface area contributed by atoms with Crippen LogP contribution < -0.4 is 45.4 Å². The molecular formula is C35H91N11O2. The molecule has 0 aliphatic rings. The van der Waals surface area contributed by atoms with Crippen LogP contribution in [0.5, 0.6) is 0 Å². The summed E-state index contributed by atoms with van der Waals surface area (Å²) in [6.45, 7) is 33.2. The topological polar surface area (TPSA) is 269 Å². The first kappa shape index (κ1) is 64.6. The van der Waals surface area contributed by atoms with Gasteiger partial charge in [0.25, 0.3) is 0 Å². The Bertz CT molecular complexity index is 561. The molecule has 0 fully saturated rings. The average molecular weight is 698 g/mol. The molecule has 13 heteroatoms. The van der Waals surface area contributed by atoms with Gasteiger partial charge in [-0.15, -0.1) is 5.16 Å².